The SMILES string of the molecule is Cn1c(SCC(=O)NC(=O)[C@H]2COc3ccccc3O2)nnc1C(F)(F)F. The molecule has 0 unspecified atom stereocenters. The Kier molecular flexibility index (Phi) is 5.26. The Morgan fingerprint density at radius 3 is 2.67 bits per heavy atom. The van der Waals surface area contributed by atoms with Crippen LogP contribution in [0.4, 0.5) is 13.2 Å². The number of aromatic nitrogens is 3. The summed E-state index contributed by atoms with van der Waals surface area (Å²) in [5, 5.41) is 8.47. The van der Waals surface area contributed by atoms with Gasteiger partial charge in [0, 0.05) is 7.05 Å². The van der Waals surface area contributed by atoms with Crippen LogP contribution in [0.1, 0.15) is 5.82 Å². The second kappa shape index (κ2) is 7.47. The number of fused-ring (bicyclic) bond motifs is 1. The van der Waals surface area contributed by atoms with Gasteiger partial charge in [-0.05, 0) is 12.1 Å². The number of halogens is 3. The second-order valence-corrected chi connectivity index (χ2v) is 6.37. The smallest absolute Gasteiger partial charge is 0.451 e. The van der Waals surface area contributed by atoms with E-state index in [2.05, 4.69) is 15.5 Å². The van der Waals surface area contributed by atoms with Crippen LogP contribution in [-0.2, 0) is 22.8 Å². The van der Waals surface area contributed by atoms with Gasteiger partial charge in [0.15, 0.2) is 16.7 Å². The number of benzene rings is 1. The van der Waals surface area contributed by atoms with Crippen LogP contribution in [0.5, 0.6) is 11.5 Å². The largest absolute Gasteiger partial charge is 0.485 e. The molecule has 1 N–H and O–H groups in total. The number of amides is 2. The minimum absolute atomic E-state index is 0.0680. The van der Waals surface area contributed by atoms with E-state index >= 15 is 0 Å². The molecule has 3 rings (SSSR count). The van der Waals surface area contributed by atoms with Crippen molar-refractivity contribution in [1.29, 1.82) is 0 Å². The van der Waals surface area contributed by atoms with E-state index in [0.717, 1.165) is 23.4 Å². The molecule has 0 fully saturated rings. The van der Waals surface area contributed by atoms with E-state index < -0.39 is 29.9 Å². The lowest BCUT2D eigenvalue weighted by molar-refractivity contribution is -0.147. The van der Waals surface area contributed by atoms with Gasteiger partial charge < -0.3 is 14.0 Å². The maximum Gasteiger partial charge on any atom is 0.451 e. The van der Waals surface area contributed by atoms with Crippen molar-refractivity contribution in [2.75, 3.05) is 12.4 Å². The summed E-state index contributed by atoms with van der Waals surface area (Å²) < 4.78 is 49.6. The van der Waals surface area contributed by atoms with E-state index in [1.54, 1.807) is 24.3 Å². The van der Waals surface area contributed by atoms with Crippen molar-refractivity contribution < 1.29 is 32.2 Å². The minimum atomic E-state index is -4.65. The molecule has 0 spiro atoms. The molecule has 0 saturated carbocycles. The summed E-state index contributed by atoms with van der Waals surface area (Å²) in [5.41, 5.74) is 0. The van der Waals surface area contributed by atoms with Crippen molar-refractivity contribution in [3.63, 3.8) is 0 Å². The first-order valence-electron chi connectivity index (χ1n) is 7.57. The van der Waals surface area contributed by atoms with Crippen LogP contribution in [-0.4, -0.2) is 45.0 Å². The van der Waals surface area contributed by atoms with Gasteiger partial charge in [-0.3, -0.25) is 14.9 Å². The fraction of sp³-hybridized carbons (Fsp3) is 0.333. The van der Waals surface area contributed by atoms with E-state index in [0.29, 0.717) is 11.5 Å². The number of hydrogen-bond donors (Lipinski definition) is 1. The van der Waals surface area contributed by atoms with Gasteiger partial charge in [0.1, 0.15) is 6.61 Å². The van der Waals surface area contributed by atoms with Gasteiger partial charge in [0.05, 0.1) is 5.75 Å². The summed E-state index contributed by atoms with van der Waals surface area (Å²) in [7, 11) is 1.14. The molecule has 1 atom stereocenters. The molecule has 1 aliphatic heterocycles. The molecule has 0 aliphatic carbocycles. The van der Waals surface area contributed by atoms with Crippen molar-refractivity contribution in [2.45, 2.75) is 17.4 Å². The normalized spacial score (nSPS) is 16.1. The topological polar surface area (TPSA) is 95.3 Å². The van der Waals surface area contributed by atoms with Gasteiger partial charge >= 0.3 is 6.18 Å². The Bertz CT molecular complexity index is 871. The first-order chi connectivity index (χ1) is 12.8. The van der Waals surface area contributed by atoms with Crippen molar-refractivity contribution in [3.05, 3.63) is 30.1 Å². The van der Waals surface area contributed by atoms with E-state index in [9.17, 15) is 22.8 Å². The van der Waals surface area contributed by atoms with E-state index in [1.165, 1.54) is 0 Å². The number of ether oxygens (including phenoxy) is 2. The molecule has 0 saturated heterocycles. The Labute approximate surface area is 155 Å². The predicted octanol–water partition coefficient (Wildman–Crippen LogP) is 1.41. The lowest BCUT2D eigenvalue weighted by atomic mass is 10.2. The Hall–Kier alpha value is -2.76. The zero-order valence-corrected chi connectivity index (χ0v) is 14.6. The van der Waals surface area contributed by atoms with E-state index in [-0.39, 0.29) is 17.5 Å². The highest BCUT2D eigenvalue weighted by molar-refractivity contribution is 7.99. The average Bonchev–Trinajstić information content (AvgIpc) is 3.00. The molecule has 27 heavy (non-hydrogen) atoms. The summed E-state index contributed by atoms with van der Waals surface area (Å²) in [6.45, 7) is -0.0680. The number of alkyl halides is 3. The average molecular weight is 402 g/mol. The minimum Gasteiger partial charge on any atom is -0.485 e. The van der Waals surface area contributed by atoms with Gasteiger partial charge in [-0.2, -0.15) is 13.2 Å². The highest BCUT2D eigenvalue weighted by atomic mass is 32.2. The Balaban J connectivity index is 1.53. The third-order valence-electron chi connectivity index (χ3n) is 3.48. The summed E-state index contributed by atoms with van der Waals surface area (Å²) >= 11 is 0.722. The molecule has 144 valence electrons. The quantitative estimate of drug-likeness (QED) is 0.773. The third kappa shape index (κ3) is 4.32. The predicted molar refractivity (Wildman–Crippen MR) is 86.2 cm³/mol. The number of carbonyl (C=O) groups is 2. The van der Waals surface area contributed by atoms with Crippen LogP contribution in [0, 0.1) is 0 Å². The monoisotopic (exact) mass is 402 g/mol. The van der Waals surface area contributed by atoms with Crippen LogP contribution in [0.3, 0.4) is 0 Å². The summed E-state index contributed by atoms with van der Waals surface area (Å²) in [5.74, 6) is -2.03. The highest BCUT2D eigenvalue weighted by Crippen LogP contribution is 2.31. The van der Waals surface area contributed by atoms with Gasteiger partial charge in [0.25, 0.3) is 5.91 Å². The molecular formula is C15H13F3N4O4S. The van der Waals surface area contributed by atoms with Gasteiger partial charge in [-0.15, -0.1) is 10.2 Å². The van der Waals surface area contributed by atoms with Crippen molar-refractivity contribution in [3.8, 4) is 11.5 Å². The molecule has 2 heterocycles. The first kappa shape index (κ1) is 19.0. The van der Waals surface area contributed by atoms with Crippen LogP contribution >= 0.6 is 11.8 Å². The van der Waals surface area contributed by atoms with Gasteiger partial charge in [-0.25, -0.2) is 0 Å². The van der Waals surface area contributed by atoms with E-state index in [4.69, 9.17) is 9.47 Å². The number of carbonyl (C=O) groups excluding carboxylic acids is 2. The maximum absolute atomic E-state index is 12.7. The summed E-state index contributed by atoms with van der Waals surface area (Å²) in [4.78, 5) is 24.0. The van der Waals surface area contributed by atoms with Crippen molar-refractivity contribution >= 4 is 23.6 Å². The van der Waals surface area contributed by atoms with Crippen LogP contribution in [0.15, 0.2) is 29.4 Å². The Morgan fingerprint density at radius 1 is 1.30 bits per heavy atom. The number of rotatable bonds is 4. The maximum atomic E-state index is 12.7. The molecule has 0 bridgehead atoms. The number of para-hydroxylation sites is 2. The van der Waals surface area contributed by atoms with Crippen LogP contribution < -0.4 is 14.8 Å². The van der Waals surface area contributed by atoms with Gasteiger partial charge in [0.2, 0.25) is 17.8 Å². The molecule has 2 amide bonds. The molecular weight excluding hydrogens is 389 g/mol. The van der Waals surface area contributed by atoms with Gasteiger partial charge in [-0.1, -0.05) is 23.9 Å². The summed E-state index contributed by atoms with van der Waals surface area (Å²) in [6.07, 6.45) is -5.66. The van der Waals surface area contributed by atoms with Crippen molar-refractivity contribution in [1.82, 2.24) is 20.1 Å². The van der Waals surface area contributed by atoms with Crippen LogP contribution in [0.2, 0.25) is 0 Å². The lowest BCUT2D eigenvalue weighted by Gasteiger charge is -2.25. The molecule has 8 nitrogen and oxygen atoms in total. The standard InChI is InChI=1S/C15H13F3N4O4S/c1-22-13(15(16,17)18)20-21-14(22)27-7-11(23)19-12(24)10-6-25-8-4-2-3-5-9(8)26-10/h2-5,10H,6-7H2,1H3,(H,19,23,24)/t10-/m1/s1. The number of nitrogens with zero attached hydrogens (tertiary/aromatic N) is 3. The zero-order chi connectivity index (χ0) is 19.6. The fourth-order valence-corrected chi connectivity index (χ4v) is 2.93. The first-order valence-corrected chi connectivity index (χ1v) is 8.56. The third-order valence-corrected chi connectivity index (χ3v) is 4.50. The molecule has 0 radical (unpaired) electrons. The zero-order valence-electron chi connectivity index (χ0n) is 13.8. The molecule has 2 aromatic rings. The second-order valence-electron chi connectivity index (χ2n) is 5.43. The van der Waals surface area contributed by atoms with E-state index in [1.807, 2.05) is 0 Å². The van der Waals surface area contributed by atoms with Crippen LogP contribution in [0.25, 0.3) is 0 Å². The molecule has 1 aliphatic rings. The Morgan fingerprint density at radius 2 is 2.00 bits per heavy atom. The number of thioether (sulfide) groups is 1. The lowest BCUT2D eigenvalue weighted by Crippen LogP contribution is -2.46. The molecule has 1 aromatic heterocycles. The fourth-order valence-electron chi connectivity index (χ4n) is 2.22. The molecule has 1 aromatic carbocycles. The highest BCUT2D eigenvalue weighted by Gasteiger charge is 2.37. The number of nitrogens with one attached hydrogen (secondary N) is 1. The molecule has 12 heteroatoms. The number of imide groups is 1. The van der Waals surface area contributed by atoms with Crippen molar-refractivity contribution in [2.24, 2.45) is 7.05 Å². The summed E-state index contributed by atoms with van der Waals surface area (Å²) in [6, 6.07) is 6.76. The number of hydrogen-bond acceptors (Lipinski definition) is 7.